The van der Waals surface area contributed by atoms with Crippen molar-refractivity contribution < 1.29 is 24.2 Å². The summed E-state index contributed by atoms with van der Waals surface area (Å²) in [5.74, 6) is -0.259. The second kappa shape index (κ2) is 7.42. The molecule has 0 bridgehead atoms. The molecular formula is C17H24N2O5. The molecule has 1 aromatic carbocycles. The molecule has 1 aliphatic rings. The van der Waals surface area contributed by atoms with Crippen molar-refractivity contribution in [2.24, 2.45) is 5.92 Å². The molecule has 2 amide bonds. The summed E-state index contributed by atoms with van der Waals surface area (Å²) in [4.78, 5) is 24.6. The van der Waals surface area contributed by atoms with E-state index >= 15 is 0 Å². The number of rotatable bonds is 6. The van der Waals surface area contributed by atoms with Crippen LogP contribution in [-0.2, 0) is 11.2 Å². The van der Waals surface area contributed by atoms with Gasteiger partial charge in [-0.25, -0.2) is 4.79 Å². The molecule has 132 valence electrons. The number of amides is 2. The normalized spacial score (nSPS) is 16.8. The molecule has 7 heteroatoms. The Balaban J connectivity index is 2.14. The van der Waals surface area contributed by atoms with Crippen LogP contribution in [0.15, 0.2) is 12.1 Å². The zero-order chi connectivity index (χ0) is 17.9. The molecular weight excluding hydrogens is 312 g/mol. The molecule has 2 unspecified atom stereocenters. The van der Waals surface area contributed by atoms with Crippen molar-refractivity contribution in [1.29, 1.82) is 0 Å². The SMILES string of the molecule is CCOc1cc2c(cc1NC(=O)N(C)CC(C)C(=O)O)OC(C)C2. The molecule has 2 rings (SSSR count). The highest BCUT2D eigenvalue weighted by Crippen LogP contribution is 2.38. The van der Waals surface area contributed by atoms with E-state index in [0.29, 0.717) is 18.0 Å². The van der Waals surface area contributed by atoms with E-state index < -0.39 is 17.9 Å². The summed E-state index contributed by atoms with van der Waals surface area (Å²) in [6.45, 7) is 6.01. The number of nitrogens with one attached hydrogen (secondary N) is 1. The highest BCUT2D eigenvalue weighted by molar-refractivity contribution is 5.91. The Morgan fingerprint density at radius 2 is 2.21 bits per heavy atom. The molecule has 1 aromatic rings. The molecule has 1 aliphatic heterocycles. The maximum atomic E-state index is 12.3. The van der Waals surface area contributed by atoms with Gasteiger partial charge in [0.05, 0.1) is 18.2 Å². The molecule has 0 saturated carbocycles. The summed E-state index contributed by atoms with van der Waals surface area (Å²) < 4.78 is 11.3. The first-order valence-corrected chi connectivity index (χ1v) is 8.03. The molecule has 0 fully saturated rings. The number of hydrogen-bond donors (Lipinski definition) is 2. The number of carbonyl (C=O) groups excluding carboxylic acids is 1. The third-order valence-corrected chi connectivity index (χ3v) is 3.86. The number of carbonyl (C=O) groups is 2. The van der Waals surface area contributed by atoms with E-state index in [1.807, 2.05) is 19.9 Å². The lowest BCUT2D eigenvalue weighted by atomic mass is 10.1. The van der Waals surface area contributed by atoms with Crippen LogP contribution in [0.1, 0.15) is 26.3 Å². The maximum Gasteiger partial charge on any atom is 0.321 e. The maximum absolute atomic E-state index is 12.3. The van der Waals surface area contributed by atoms with E-state index in [1.165, 1.54) is 4.90 Å². The van der Waals surface area contributed by atoms with Gasteiger partial charge >= 0.3 is 12.0 Å². The smallest absolute Gasteiger partial charge is 0.321 e. The van der Waals surface area contributed by atoms with E-state index in [2.05, 4.69) is 5.32 Å². The molecule has 2 N–H and O–H groups in total. The van der Waals surface area contributed by atoms with Crippen LogP contribution in [0, 0.1) is 5.92 Å². The van der Waals surface area contributed by atoms with E-state index in [4.69, 9.17) is 14.6 Å². The number of urea groups is 1. The zero-order valence-corrected chi connectivity index (χ0v) is 14.5. The number of carboxylic acids is 1. The zero-order valence-electron chi connectivity index (χ0n) is 14.5. The fourth-order valence-corrected chi connectivity index (χ4v) is 2.59. The van der Waals surface area contributed by atoms with Crippen LogP contribution in [0.2, 0.25) is 0 Å². The first-order valence-electron chi connectivity index (χ1n) is 8.03. The summed E-state index contributed by atoms with van der Waals surface area (Å²) in [6.07, 6.45) is 0.902. The Morgan fingerprint density at radius 3 is 2.83 bits per heavy atom. The van der Waals surface area contributed by atoms with Crippen molar-refractivity contribution >= 4 is 17.7 Å². The lowest BCUT2D eigenvalue weighted by Gasteiger charge is -2.21. The Bertz CT molecular complexity index is 632. The van der Waals surface area contributed by atoms with Crippen LogP contribution in [-0.4, -0.2) is 48.3 Å². The number of hydrogen-bond acceptors (Lipinski definition) is 4. The van der Waals surface area contributed by atoms with Crippen molar-refractivity contribution in [2.45, 2.75) is 33.3 Å². The summed E-state index contributed by atoms with van der Waals surface area (Å²) in [5, 5.41) is 11.7. The van der Waals surface area contributed by atoms with Gasteiger partial charge in [-0.3, -0.25) is 4.79 Å². The third kappa shape index (κ3) is 4.10. The highest BCUT2D eigenvalue weighted by atomic mass is 16.5. The van der Waals surface area contributed by atoms with E-state index in [9.17, 15) is 9.59 Å². The van der Waals surface area contributed by atoms with E-state index in [-0.39, 0.29) is 12.6 Å². The van der Waals surface area contributed by atoms with Gasteiger partial charge in [0, 0.05) is 31.6 Å². The molecule has 2 atom stereocenters. The predicted molar refractivity (Wildman–Crippen MR) is 89.9 cm³/mol. The number of carboxylic acid groups (broad SMARTS) is 1. The van der Waals surface area contributed by atoms with Crippen LogP contribution in [0.5, 0.6) is 11.5 Å². The van der Waals surface area contributed by atoms with Crippen molar-refractivity contribution in [2.75, 3.05) is 25.5 Å². The van der Waals surface area contributed by atoms with Crippen molar-refractivity contribution in [3.63, 3.8) is 0 Å². The van der Waals surface area contributed by atoms with Gasteiger partial charge in [0.25, 0.3) is 0 Å². The lowest BCUT2D eigenvalue weighted by Crippen LogP contribution is -2.36. The van der Waals surface area contributed by atoms with Gasteiger partial charge in [-0.1, -0.05) is 6.92 Å². The second-order valence-corrected chi connectivity index (χ2v) is 6.07. The molecule has 0 spiro atoms. The van der Waals surface area contributed by atoms with Crippen LogP contribution >= 0.6 is 0 Å². The Hall–Kier alpha value is -2.44. The van der Waals surface area contributed by atoms with Crippen LogP contribution in [0.3, 0.4) is 0 Å². The molecule has 7 nitrogen and oxygen atoms in total. The number of benzene rings is 1. The minimum atomic E-state index is -0.940. The molecule has 0 radical (unpaired) electrons. The van der Waals surface area contributed by atoms with E-state index in [1.54, 1.807) is 20.0 Å². The Labute approximate surface area is 141 Å². The molecule has 0 aromatic heterocycles. The average molecular weight is 336 g/mol. The first-order chi connectivity index (χ1) is 11.3. The van der Waals surface area contributed by atoms with Gasteiger partial charge in [-0.05, 0) is 19.9 Å². The monoisotopic (exact) mass is 336 g/mol. The fourth-order valence-electron chi connectivity index (χ4n) is 2.59. The summed E-state index contributed by atoms with van der Waals surface area (Å²) in [7, 11) is 1.56. The molecule has 24 heavy (non-hydrogen) atoms. The van der Waals surface area contributed by atoms with Crippen molar-refractivity contribution in [1.82, 2.24) is 4.90 Å². The third-order valence-electron chi connectivity index (χ3n) is 3.86. The van der Waals surface area contributed by atoms with Gasteiger partial charge in [0.1, 0.15) is 17.6 Å². The molecule has 1 heterocycles. The van der Waals surface area contributed by atoms with Gasteiger partial charge in [0.15, 0.2) is 0 Å². The number of fused-ring (bicyclic) bond motifs is 1. The number of anilines is 1. The van der Waals surface area contributed by atoms with Crippen LogP contribution in [0.4, 0.5) is 10.5 Å². The highest BCUT2D eigenvalue weighted by Gasteiger charge is 2.24. The average Bonchev–Trinajstić information content (AvgIpc) is 2.86. The Morgan fingerprint density at radius 1 is 1.50 bits per heavy atom. The van der Waals surface area contributed by atoms with Crippen LogP contribution in [0.25, 0.3) is 0 Å². The number of aliphatic carboxylic acids is 1. The van der Waals surface area contributed by atoms with Gasteiger partial charge in [0.2, 0.25) is 0 Å². The van der Waals surface area contributed by atoms with Crippen molar-refractivity contribution in [3.05, 3.63) is 17.7 Å². The number of nitrogens with zero attached hydrogens (tertiary/aromatic N) is 1. The van der Waals surface area contributed by atoms with Crippen molar-refractivity contribution in [3.8, 4) is 11.5 Å². The lowest BCUT2D eigenvalue weighted by molar-refractivity contribution is -0.141. The quantitative estimate of drug-likeness (QED) is 0.833. The number of ether oxygens (including phenoxy) is 2. The van der Waals surface area contributed by atoms with E-state index in [0.717, 1.165) is 17.7 Å². The Kier molecular flexibility index (Phi) is 5.54. The summed E-state index contributed by atoms with van der Waals surface area (Å²) in [6, 6.07) is 3.25. The second-order valence-electron chi connectivity index (χ2n) is 6.07. The molecule has 0 saturated heterocycles. The first kappa shape index (κ1) is 17.9. The van der Waals surface area contributed by atoms with Gasteiger partial charge in [-0.2, -0.15) is 0 Å². The minimum Gasteiger partial charge on any atom is -0.492 e. The fraction of sp³-hybridized carbons (Fsp3) is 0.529. The van der Waals surface area contributed by atoms with Gasteiger partial charge < -0.3 is 24.8 Å². The minimum absolute atomic E-state index is 0.0968. The topological polar surface area (TPSA) is 88.1 Å². The molecule has 0 aliphatic carbocycles. The summed E-state index contributed by atoms with van der Waals surface area (Å²) in [5.41, 5.74) is 1.57. The standard InChI is InChI=1S/C17H24N2O5/c1-5-23-15-7-12-6-11(3)24-14(12)8-13(15)18-17(22)19(4)9-10(2)16(20)21/h7-8,10-11H,5-6,9H2,1-4H3,(H,18,22)(H,20,21). The van der Waals surface area contributed by atoms with Gasteiger partial charge in [-0.15, -0.1) is 0 Å². The largest absolute Gasteiger partial charge is 0.492 e. The summed E-state index contributed by atoms with van der Waals surface area (Å²) >= 11 is 0. The van der Waals surface area contributed by atoms with Crippen LogP contribution < -0.4 is 14.8 Å². The predicted octanol–water partition coefficient (Wildman–Crippen LogP) is 2.59.